The molecule has 0 saturated heterocycles. The van der Waals surface area contributed by atoms with Crippen molar-refractivity contribution in [2.45, 2.75) is 97.0 Å². The fraction of sp³-hybridized carbons (Fsp3) is 0.600. The van der Waals surface area contributed by atoms with Crippen LogP contribution in [0.15, 0.2) is 53.6 Å². The van der Waals surface area contributed by atoms with Crippen molar-refractivity contribution >= 4 is 23.7 Å². The smallest absolute Gasteiger partial charge is 0.337 e. The van der Waals surface area contributed by atoms with Crippen LogP contribution in [0.2, 0.25) is 0 Å². The van der Waals surface area contributed by atoms with E-state index in [2.05, 4.69) is 6.58 Å². The number of aliphatic hydroxyl groups excluding tert-OH is 3. The molecule has 0 aliphatic heterocycles. The Kier molecular flexibility index (Phi) is 10.0. The number of esters is 3. The van der Waals surface area contributed by atoms with Crippen LogP contribution in [0, 0.1) is 22.7 Å². The molecule has 0 spiro atoms. The standard InChI is InChI=1S/C35H47NO10/c1-17-22-15-23-29(40)28(39)18(2)26(34(23,5)6)30(41)32(45-20(4)38)35(22,7)25(44-19(3)37)16-24(17)46-33(43)31(42)27(36(8)9)21-13-11-10-12-14-21/h10-14,22-25,27-29,31-32,39-40,42H,1,15-16H2,2-9H3/t22-,23-,24-,25-,27+,28-,29-,31-,32-,35+/m1/s1. The van der Waals surface area contributed by atoms with E-state index in [1.54, 1.807) is 71.0 Å². The van der Waals surface area contributed by atoms with Crippen LogP contribution in [0.5, 0.6) is 0 Å². The molecule has 11 heteroatoms. The van der Waals surface area contributed by atoms with Crippen molar-refractivity contribution in [1.29, 1.82) is 0 Å². The molecule has 2 saturated carbocycles. The molecule has 252 valence electrons. The minimum atomic E-state index is -1.59. The summed E-state index contributed by atoms with van der Waals surface area (Å²) in [5.41, 5.74) is -0.785. The summed E-state index contributed by atoms with van der Waals surface area (Å²) in [5, 5.41) is 33.7. The molecule has 3 aliphatic rings. The Morgan fingerprint density at radius 2 is 1.57 bits per heavy atom. The summed E-state index contributed by atoms with van der Waals surface area (Å²) in [7, 11) is 3.46. The molecule has 0 aromatic heterocycles. The lowest BCUT2D eigenvalue weighted by atomic mass is 9.49. The molecule has 0 heterocycles. The number of Topliss-reactive ketones (excluding diaryl/α,β-unsaturated/α-hetero) is 1. The number of fused-ring (bicyclic) bond motifs is 3. The number of benzene rings is 1. The first-order chi connectivity index (χ1) is 21.3. The third-order valence-electron chi connectivity index (χ3n) is 10.5. The van der Waals surface area contributed by atoms with Crippen molar-refractivity contribution in [3.05, 3.63) is 59.2 Å². The van der Waals surface area contributed by atoms with Gasteiger partial charge in [0.25, 0.3) is 0 Å². The largest absolute Gasteiger partial charge is 0.462 e. The van der Waals surface area contributed by atoms with Crippen LogP contribution in [-0.2, 0) is 33.4 Å². The van der Waals surface area contributed by atoms with E-state index in [0.29, 0.717) is 11.1 Å². The molecule has 3 aliphatic carbocycles. The van der Waals surface area contributed by atoms with Crippen LogP contribution < -0.4 is 0 Å². The highest BCUT2D eigenvalue weighted by Crippen LogP contribution is 2.59. The Morgan fingerprint density at radius 3 is 2.11 bits per heavy atom. The number of ether oxygens (including phenoxy) is 3. The average Bonchev–Trinajstić information content (AvgIpc) is 2.96. The highest BCUT2D eigenvalue weighted by Gasteiger charge is 2.64. The Labute approximate surface area is 270 Å². The van der Waals surface area contributed by atoms with Gasteiger partial charge in [-0.1, -0.05) is 57.7 Å². The number of carbonyl (C=O) groups is 4. The molecule has 46 heavy (non-hydrogen) atoms. The van der Waals surface area contributed by atoms with E-state index >= 15 is 0 Å². The predicted octanol–water partition coefficient (Wildman–Crippen LogP) is 2.67. The van der Waals surface area contributed by atoms with Gasteiger partial charge in [-0.2, -0.15) is 0 Å². The first-order valence-corrected chi connectivity index (χ1v) is 15.6. The van der Waals surface area contributed by atoms with E-state index in [9.17, 15) is 34.5 Å². The second kappa shape index (κ2) is 13.0. The lowest BCUT2D eigenvalue weighted by Gasteiger charge is -2.58. The van der Waals surface area contributed by atoms with Gasteiger partial charge in [-0.25, -0.2) is 4.79 Å². The maximum Gasteiger partial charge on any atom is 0.337 e. The van der Waals surface area contributed by atoms with Crippen LogP contribution in [-0.4, -0.2) is 94.6 Å². The fourth-order valence-electron chi connectivity index (χ4n) is 8.16. The Hall–Kier alpha value is -3.38. The zero-order valence-electron chi connectivity index (χ0n) is 27.9. The van der Waals surface area contributed by atoms with Crippen LogP contribution in [0.1, 0.15) is 66.0 Å². The molecule has 0 unspecified atom stereocenters. The van der Waals surface area contributed by atoms with Crippen LogP contribution in [0.25, 0.3) is 0 Å². The second-order valence-electron chi connectivity index (χ2n) is 13.9. The van der Waals surface area contributed by atoms with E-state index in [0.717, 1.165) is 0 Å². The summed E-state index contributed by atoms with van der Waals surface area (Å²) in [5.74, 6) is -4.37. The van der Waals surface area contributed by atoms with E-state index < -0.39 is 89.0 Å². The molecule has 11 nitrogen and oxygen atoms in total. The number of aliphatic hydroxyl groups is 3. The van der Waals surface area contributed by atoms with Crippen LogP contribution in [0.3, 0.4) is 0 Å². The Balaban J connectivity index is 1.82. The SMILES string of the molecule is C=C1[C@H]2C[C@@H]3[C@@H](O)[C@H](O)C(C)=C(C(=O)[C@@H](OC(C)=O)[C@]2(C)[C@H](OC(C)=O)C[C@H]1OC(=O)[C@H](O)[C@H](c1ccccc1)N(C)C)C3(C)C. The third-order valence-corrected chi connectivity index (χ3v) is 10.5. The van der Waals surface area contributed by atoms with E-state index in [-0.39, 0.29) is 24.0 Å². The number of hydrogen-bond donors (Lipinski definition) is 3. The van der Waals surface area contributed by atoms with Crippen molar-refractivity contribution in [3.8, 4) is 0 Å². The Morgan fingerprint density at radius 1 is 0.978 bits per heavy atom. The van der Waals surface area contributed by atoms with Crippen LogP contribution >= 0.6 is 0 Å². The highest BCUT2D eigenvalue weighted by molar-refractivity contribution is 6.02. The summed E-state index contributed by atoms with van der Waals surface area (Å²) in [6.07, 6.45) is -7.81. The number of nitrogens with zero attached hydrogens (tertiary/aromatic N) is 1. The van der Waals surface area contributed by atoms with Gasteiger partial charge in [0.05, 0.1) is 17.6 Å². The predicted molar refractivity (Wildman–Crippen MR) is 167 cm³/mol. The van der Waals surface area contributed by atoms with Crippen molar-refractivity contribution in [1.82, 2.24) is 4.90 Å². The molecule has 4 rings (SSSR count). The summed E-state index contributed by atoms with van der Waals surface area (Å²) in [4.78, 5) is 54.8. The van der Waals surface area contributed by atoms with Crippen LogP contribution in [0.4, 0.5) is 0 Å². The number of likely N-dealkylation sites (N-methyl/N-ethyl adjacent to an activating group) is 1. The van der Waals surface area contributed by atoms with E-state index in [4.69, 9.17) is 14.2 Å². The summed E-state index contributed by atoms with van der Waals surface area (Å²) < 4.78 is 17.5. The lowest BCUT2D eigenvalue weighted by Crippen LogP contribution is -2.64. The number of ketones is 1. The van der Waals surface area contributed by atoms with Gasteiger partial charge in [-0.05, 0) is 61.4 Å². The van der Waals surface area contributed by atoms with Crippen molar-refractivity contribution in [2.24, 2.45) is 22.7 Å². The van der Waals surface area contributed by atoms with Gasteiger partial charge in [0.1, 0.15) is 18.3 Å². The molecule has 2 bridgehead atoms. The molecular formula is C35H47NO10. The quantitative estimate of drug-likeness (QED) is 0.228. The van der Waals surface area contributed by atoms with Crippen molar-refractivity contribution < 1.29 is 48.7 Å². The van der Waals surface area contributed by atoms with Gasteiger partial charge in [0.15, 0.2) is 12.2 Å². The fourth-order valence-corrected chi connectivity index (χ4v) is 8.16. The highest BCUT2D eigenvalue weighted by atomic mass is 16.6. The molecule has 2 fully saturated rings. The minimum absolute atomic E-state index is 0.121. The van der Waals surface area contributed by atoms with Crippen molar-refractivity contribution in [2.75, 3.05) is 14.1 Å². The maximum absolute atomic E-state index is 14.5. The van der Waals surface area contributed by atoms with Gasteiger partial charge >= 0.3 is 17.9 Å². The van der Waals surface area contributed by atoms with E-state index in [1.807, 2.05) is 6.07 Å². The molecule has 1 aromatic carbocycles. The van der Waals surface area contributed by atoms with Gasteiger partial charge in [-0.15, -0.1) is 0 Å². The third kappa shape index (κ3) is 6.05. The number of hydrogen-bond acceptors (Lipinski definition) is 11. The molecule has 10 atom stereocenters. The number of carbonyl (C=O) groups excluding carboxylic acids is 4. The maximum atomic E-state index is 14.5. The monoisotopic (exact) mass is 641 g/mol. The number of rotatable bonds is 7. The van der Waals surface area contributed by atoms with Gasteiger partial charge in [0.2, 0.25) is 5.78 Å². The van der Waals surface area contributed by atoms with Crippen molar-refractivity contribution in [3.63, 3.8) is 0 Å². The second-order valence-corrected chi connectivity index (χ2v) is 13.9. The summed E-state index contributed by atoms with van der Waals surface area (Å²) in [6, 6.07) is 8.27. The zero-order chi connectivity index (χ0) is 34.5. The molecule has 1 aromatic rings. The lowest BCUT2D eigenvalue weighted by molar-refractivity contribution is -0.198. The van der Waals surface area contributed by atoms with Gasteiger partial charge in [-0.3, -0.25) is 19.3 Å². The molecule has 3 N–H and O–H groups in total. The molecule has 0 radical (unpaired) electrons. The topological polar surface area (TPSA) is 160 Å². The first-order valence-electron chi connectivity index (χ1n) is 15.6. The summed E-state index contributed by atoms with van der Waals surface area (Å²) in [6.45, 7) is 13.5. The molecule has 0 amide bonds. The first kappa shape index (κ1) is 35.5. The minimum Gasteiger partial charge on any atom is -0.462 e. The van der Waals surface area contributed by atoms with Gasteiger partial charge in [0, 0.05) is 25.8 Å². The van der Waals surface area contributed by atoms with Gasteiger partial charge < -0.3 is 29.5 Å². The zero-order valence-corrected chi connectivity index (χ0v) is 27.9. The Bertz CT molecular complexity index is 1420. The summed E-state index contributed by atoms with van der Waals surface area (Å²) >= 11 is 0. The average molecular weight is 642 g/mol. The normalized spacial score (nSPS) is 33.7. The van der Waals surface area contributed by atoms with E-state index in [1.165, 1.54) is 13.8 Å². The molecular weight excluding hydrogens is 594 g/mol.